The van der Waals surface area contributed by atoms with Gasteiger partial charge in [0.1, 0.15) is 11.6 Å². The molecule has 9 heteroatoms. The zero-order valence-corrected chi connectivity index (χ0v) is 21.7. The van der Waals surface area contributed by atoms with E-state index >= 15 is 0 Å². The molecule has 4 aliphatic rings. The molecule has 1 saturated carbocycles. The van der Waals surface area contributed by atoms with E-state index in [-0.39, 0.29) is 29.8 Å². The van der Waals surface area contributed by atoms with Crippen molar-refractivity contribution in [3.8, 4) is 0 Å². The fourth-order valence-corrected chi connectivity index (χ4v) is 6.74. The predicted octanol–water partition coefficient (Wildman–Crippen LogP) is 4.33. The lowest BCUT2D eigenvalue weighted by Gasteiger charge is -2.36. The number of rotatable bonds is 5. The lowest BCUT2D eigenvalue weighted by molar-refractivity contribution is -0.146. The van der Waals surface area contributed by atoms with E-state index in [1.54, 1.807) is 30.0 Å². The second-order valence-corrected chi connectivity index (χ2v) is 11.4. The molecule has 3 amide bonds. The summed E-state index contributed by atoms with van der Waals surface area (Å²) < 4.78 is 6.52. The highest BCUT2D eigenvalue weighted by molar-refractivity contribution is 6.42. The van der Waals surface area contributed by atoms with E-state index in [2.05, 4.69) is 10.6 Å². The molecule has 2 saturated heterocycles. The molecule has 35 heavy (non-hydrogen) atoms. The number of amides is 3. The SMILES string of the molecule is CC(C)N1C(=O)C2C(C(=O)Nc3ccc(Cl)c(Cl)c3)C3(C)C=CC2(O3)C1C(=O)NC1CCCCC1. The molecule has 2 bridgehead atoms. The summed E-state index contributed by atoms with van der Waals surface area (Å²) in [5.41, 5.74) is -1.71. The summed E-state index contributed by atoms with van der Waals surface area (Å²) >= 11 is 12.1. The zero-order chi connectivity index (χ0) is 25.1. The van der Waals surface area contributed by atoms with Gasteiger partial charge in [-0.15, -0.1) is 0 Å². The lowest BCUT2D eigenvalue weighted by atomic mass is 9.70. The molecule has 2 N–H and O–H groups in total. The van der Waals surface area contributed by atoms with E-state index in [9.17, 15) is 14.4 Å². The Labute approximate surface area is 215 Å². The molecule has 1 aromatic carbocycles. The Bertz CT molecular complexity index is 1100. The highest BCUT2D eigenvalue weighted by Crippen LogP contribution is 2.60. The summed E-state index contributed by atoms with van der Waals surface area (Å²) in [7, 11) is 0. The quantitative estimate of drug-likeness (QED) is 0.566. The normalized spacial score (nSPS) is 33.9. The van der Waals surface area contributed by atoms with E-state index in [0.29, 0.717) is 15.7 Å². The van der Waals surface area contributed by atoms with Crippen LogP contribution >= 0.6 is 23.2 Å². The van der Waals surface area contributed by atoms with E-state index in [4.69, 9.17) is 27.9 Å². The van der Waals surface area contributed by atoms with Crippen LogP contribution in [0.25, 0.3) is 0 Å². The molecule has 7 nitrogen and oxygen atoms in total. The molecule has 0 aromatic heterocycles. The Hall–Kier alpha value is -2.09. The number of ether oxygens (including phenoxy) is 1. The second-order valence-electron chi connectivity index (χ2n) is 10.6. The number of fused-ring (bicyclic) bond motifs is 1. The molecule has 188 valence electrons. The van der Waals surface area contributed by atoms with Gasteiger partial charge in [0.15, 0.2) is 0 Å². The largest absolute Gasteiger partial charge is 0.356 e. The van der Waals surface area contributed by atoms with Crippen molar-refractivity contribution in [2.75, 3.05) is 5.32 Å². The first kappa shape index (κ1) is 24.6. The van der Waals surface area contributed by atoms with Crippen LogP contribution in [0.3, 0.4) is 0 Å². The maximum absolute atomic E-state index is 13.8. The molecule has 0 radical (unpaired) electrons. The number of carbonyl (C=O) groups is 3. The molecule has 5 unspecified atom stereocenters. The van der Waals surface area contributed by atoms with Gasteiger partial charge in [-0.1, -0.05) is 54.6 Å². The van der Waals surface area contributed by atoms with E-state index < -0.39 is 29.1 Å². The van der Waals surface area contributed by atoms with E-state index in [0.717, 1.165) is 25.7 Å². The Kier molecular flexibility index (Phi) is 6.17. The first-order chi connectivity index (χ1) is 16.6. The summed E-state index contributed by atoms with van der Waals surface area (Å²) in [5.74, 6) is -2.40. The van der Waals surface area contributed by atoms with Crippen LogP contribution in [-0.2, 0) is 19.1 Å². The maximum atomic E-state index is 13.8. The van der Waals surface area contributed by atoms with Gasteiger partial charge in [0.2, 0.25) is 17.7 Å². The molecule has 5 atom stereocenters. The van der Waals surface area contributed by atoms with Crippen LogP contribution in [0.4, 0.5) is 5.69 Å². The van der Waals surface area contributed by atoms with E-state index in [1.165, 1.54) is 6.42 Å². The third-order valence-corrected chi connectivity index (χ3v) is 8.70. The minimum Gasteiger partial charge on any atom is -0.356 e. The van der Waals surface area contributed by atoms with Crippen LogP contribution < -0.4 is 10.6 Å². The number of nitrogens with one attached hydrogen (secondary N) is 2. The van der Waals surface area contributed by atoms with Gasteiger partial charge in [0.25, 0.3) is 0 Å². The van der Waals surface area contributed by atoms with Gasteiger partial charge < -0.3 is 20.3 Å². The van der Waals surface area contributed by atoms with Gasteiger partial charge in [-0.25, -0.2) is 0 Å². The topological polar surface area (TPSA) is 87.7 Å². The number of hydrogen-bond donors (Lipinski definition) is 2. The van der Waals surface area contributed by atoms with Gasteiger partial charge in [0, 0.05) is 17.8 Å². The highest BCUT2D eigenvalue weighted by Gasteiger charge is 2.76. The number of nitrogens with zero attached hydrogens (tertiary/aromatic N) is 1. The summed E-state index contributed by atoms with van der Waals surface area (Å²) in [4.78, 5) is 42.7. The van der Waals surface area contributed by atoms with Crippen molar-refractivity contribution in [3.63, 3.8) is 0 Å². The predicted molar refractivity (Wildman–Crippen MR) is 134 cm³/mol. The molecule has 3 fully saturated rings. The fourth-order valence-electron chi connectivity index (χ4n) is 6.44. The zero-order valence-electron chi connectivity index (χ0n) is 20.1. The van der Waals surface area contributed by atoms with Crippen LogP contribution in [-0.4, -0.2) is 51.9 Å². The van der Waals surface area contributed by atoms with Gasteiger partial charge in [-0.05, 0) is 51.8 Å². The summed E-state index contributed by atoms with van der Waals surface area (Å²) in [5, 5.41) is 6.77. The number of benzene rings is 1. The van der Waals surface area contributed by atoms with Crippen LogP contribution in [0, 0.1) is 11.8 Å². The Morgan fingerprint density at radius 1 is 1.09 bits per heavy atom. The molecule has 3 aliphatic heterocycles. The Balaban J connectivity index is 1.47. The van der Waals surface area contributed by atoms with Crippen molar-refractivity contribution in [2.24, 2.45) is 11.8 Å². The summed E-state index contributed by atoms with van der Waals surface area (Å²) in [6, 6.07) is 3.87. The minimum atomic E-state index is -1.19. The maximum Gasteiger partial charge on any atom is 0.246 e. The van der Waals surface area contributed by atoms with Crippen LogP contribution in [0.1, 0.15) is 52.9 Å². The van der Waals surface area contributed by atoms with Crippen molar-refractivity contribution >= 4 is 46.6 Å². The summed E-state index contributed by atoms with van der Waals surface area (Å²) in [6.45, 7) is 5.58. The number of carbonyl (C=O) groups excluding carboxylic acids is 3. The molecule has 3 heterocycles. The van der Waals surface area contributed by atoms with Crippen LogP contribution in [0.2, 0.25) is 10.0 Å². The smallest absolute Gasteiger partial charge is 0.246 e. The molecule has 5 rings (SSSR count). The number of likely N-dealkylation sites (tertiary alicyclic amines) is 1. The van der Waals surface area contributed by atoms with E-state index in [1.807, 2.05) is 26.0 Å². The lowest BCUT2D eigenvalue weighted by Crippen LogP contribution is -2.58. The first-order valence-corrected chi connectivity index (χ1v) is 13.1. The van der Waals surface area contributed by atoms with Crippen molar-refractivity contribution in [1.29, 1.82) is 0 Å². The number of hydrogen-bond acceptors (Lipinski definition) is 4. The molecule has 1 aromatic rings. The van der Waals surface area contributed by atoms with Gasteiger partial charge in [-0.3, -0.25) is 14.4 Å². The van der Waals surface area contributed by atoms with Gasteiger partial charge in [-0.2, -0.15) is 0 Å². The standard InChI is InChI=1S/C26H31Cl2N3O4/c1-14(2)31-21(23(33)29-15-7-5-4-6-8-15)26-12-11-25(3,35-26)19(20(26)24(31)34)22(32)30-16-9-10-17(27)18(28)13-16/h9-15,19-21H,4-8H2,1-3H3,(H,29,33)(H,30,32). The molecular weight excluding hydrogens is 489 g/mol. The van der Waals surface area contributed by atoms with Crippen molar-refractivity contribution in [1.82, 2.24) is 10.2 Å². The number of anilines is 1. The highest BCUT2D eigenvalue weighted by atomic mass is 35.5. The Morgan fingerprint density at radius 2 is 1.80 bits per heavy atom. The monoisotopic (exact) mass is 519 g/mol. The second kappa shape index (κ2) is 8.79. The van der Waals surface area contributed by atoms with Crippen LogP contribution in [0.15, 0.2) is 30.4 Å². The average Bonchev–Trinajstić information content (AvgIpc) is 3.37. The Morgan fingerprint density at radius 3 is 2.46 bits per heavy atom. The van der Waals surface area contributed by atoms with Crippen molar-refractivity contribution in [3.05, 3.63) is 40.4 Å². The molecule has 1 spiro atoms. The fraction of sp³-hybridized carbons (Fsp3) is 0.577. The number of halogens is 2. The van der Waals surface area contributed by atoms with Gasteiger partial charge in [0.05, 0.1) is 27.5 Å². The first-order valence-electron chi connectivity index (χ1n) is 12.4. The molecule has 1 aliphatic carbocycles. The van der Waals surface area contributed by atoms with Crippen molar-refractivity contribution in [2.45, 2.75) is 82.2 Å². The van der Waals surface area contributed by atoms with Gasteiger partial charge >= 0.3 is 0 Å². The average molecular weight is 520 g/mol. The third kappa shape index (κ3) is 3.87. The van der Waals surface area contributed by atoms with Crippen molar-refractivity contribution < 1.29 is 19.1 Å². The third-order valence-electron chi connectivity index (χ3n) is 7.96. The van der Waals surface area contributed by atoms with Crippen LogP contribution in [0.5, 0.6) is 0 Å². The minimum absolute atomic E-state index is 0.0998. The molecular formula is C26H31Cl2N3O4. The summed E-state index contributed by atoms with van der Waals surface area (Å²) in [6.07, 6.45) is 8.90.